The van der Waals surface area contributed by atoms with Crippen LogP contribution >= 0.6 is 11.3 Å². The number of rotatable bonds is 4. The zero-order valence-corrected chi connectivity index (χ0v) is 16.3. The Bertz CT molecular complexity index is 1050. The third-order valence-electron chi connectivity index (χ3n) is 4.48. The molecular weight excluding hydrogens is 409 g/mol. The predicted molar refractivity (Wildman–Crippen MR) is 104 cm³/mol. The molecule has 0 unspecified atom stereocenters. The number of nitro groups is 1. The van der Waals surface area contributed by atoms with Gasteiger partial charge in [-0.2, -0.15) is 18.2 Å². The standard InChI is InChI=1S/C18H17F3N4O3S/c1-23(6-2-3-7-24-8-4-5-9-24)17-22-16(26)13-10-12(18(19,20)21)11-14(25(27)28)15(13)29-17/h10-11H,4-9H2,1H3. The maximum atomic E-state index is 13.0. The third kappa shape index (κ3) is 4.83. The second-order valence-corrected chi connectivity index (χ2v) is 7.60. The van der Waals surface area contributed by atoms with E-state index in [2.05, 4.69) is 21.7 Å². The first-order valence-corrected chi connectivity index (χ1v) is 9.58. The van der Waals surface area contributed by atoms with E-state index < -0.39 is 33.3 Å². The lowest BCUT2D eigenvalue weighted by molar-refractivity contribution is -0.383. The van der Waals surface area contributed by atoms with E-state index >= 15 is 0 Å². The van der Waals surface area contributed by atoms with E-state index in [0.717, 1.165) is 37.3 Å². The molecular formula is C18H17F3N4O3S. The number of benzene rings is 1. The van der Waals surface area contributed by atoms with E-state index in [1.54, 1.807) is 11.9 Å². The molecule has 154 valence electrons. The minimum atomic E-state index is -4.81. The number of aromatic nitrogens is 1. The highest BCUT2D eigenvalue weighted by Gasteiger charge is 2.34. The molecule has 0 amide bonds. The van der Waals surface area contributed by atoms with Crippen molar-refractivity contribution in [1.82, 2.24) is 9.88 Å². The Morgan fingerprint density at radius 2 is 2.00 bits per heavy atom. The van der Waals surface area contributed by atoms with Crippen LogP contribution in [0.25, 0.3) is 10.1 Å². The normalized spacial score (nSPS) is 14.6. The number of non-ortho nitro benzene ring substituents is 1. The Morgan fingerprint density at radius 3 is 2.62 bits per heavy atom. The summed E-state index contributed by atoms with van der Waals surface area (Å²) in [4.78, 5) is 30.3. The molecule has 2 heterocycles. The van der Waals surface area contributed by atoms with Crippen LogP contribution in [0.3, 0.4) is 0 Å². The minimum absolute atomic E-state index is 0.144. The summed E-state index contributed by atoms with van der Waals surface area (Å²) in [7, 11) is 1.62. The average molecular weight is 426 g/mol. The van der Waals surface area contributed by atoms with E-state index in [1.807, 2.05) is 0 Å². The molecule has 2 aromatic rings. The highest BCUT2D eigenvalue weighted by atomic mass is 32.1. The molecule has 1 fully saturated rings. The van der Waals surface area contributed by atoms with Gasteiger partial charge in [0.25, 0.3) is 11.2 Å². The molecule has 1 saturated heterocycles. The fourth-order valence-corrected chi connectivity index (χ4v) is 3.98. The van der Waals surface area contributed by atoms with Crippen molar-refractivity contribution in [3.8, 4) is 11.8 Å². The summed E-state index contributed by atoms with van der Waals surface area (Å²) in [6.45, 7) is 2.90. The zero-order valence-electron chi connectivity index (χ0n) is 15.5. The average Bonchev–Trinajstić information content (AvgIpc) is 3.16. The predicted octanol–water partition coefficient (Wildman–Crippen LogP) is 3.12. The summed E-state index contributed by atoms with van der Waals surface area (Å²) < 4.78 is 38.9. The number of anilines is 1. The van der Waals surface area contributed by atoms with Crippen LogP contribution in [-0.2, 0) is 6.18 Å². The van der Waals surface area contributed by atoms with Gasteiger partial charge >= 0.3 is 6.18 Å². The molecule has 0 spiro atoms. The number of hydrogen-bond acceptors (Lipinski definition) is 7. The van der Waals surface area contributed by atoms with Gasteiger partial charge in [-0.1, -0.05) is 23.2 Å². The van der Waals surface area contributed by atoms with Crippen molar-refractivity contribution >= 4 is 32.2 Å². The topological polar surface area (TPSA) is 79.6 Å². The molecule has 11 heteroatoms. The first-order valence-electron chi connectivity index (χ1n) is 8.76. The lowest BCUT2D eigenvalue weighted by Crippen LogP contribution is -2.22. The first-order chi connectivity index (χ1) is 13.7. The Balaban J connectivity index is 1.91. The van der Waals surface area contributed by atoms with E-state index in [-0.39, 0.29) is 16.4 Å². The maximum Gasteiger partial charge on any atom is 0.416 e. The van der Waals surface area contributed by atoms with Gasteiger partial charge in [0.2, 0.25) is 0 Å². The zero-order chi connectivity index (χ0) is 21.2. The van der Waals surface area contributed by atoms with E-state index in [4.69, 9.17) is 0 Å². The lowest BCUT2D eigenvalue weighted by atomic mass is 10.1. The largest absolute Gasteiger partial charge is 0.416 e. The number of nitrogens with zero attached hydrogens (tertiary/aromatic N) is 4. The van der Waals surface area contributed by atoms with Gasteiger partial charge in [0.05, 0.1) is 29.0 Å². The van der Waals surface area contributed by atoms with Crippen LogP contribution in [0.15, 0.2) is 16.9 Å². The minimum Gasteiger partial charge on any atom is -0.340 e. The molecule has 1 aromatic heterocycles. The van der Waals surface area contributed by atoms with Crippen LogP contribution in [0.2, 0.25) is 0 Å². The second kappa shape index (κ2) is 8.34. The molecule has 29 heavy (non-hydrogen) atoms. The summed E-state index contributed by atoms with van der Waals surface area (Å²) >= 11 is 0.794. The quantitative estimate of drug-likeness (QED) is 0.425. The van der Waals surface area contributed by atoms with Gasteiger partial charge in [-0.3, -0.25) is 19.8 Å². The number of halogens is 3. The smallest absolute Gasteiger partial charge is 0.340 e. The summed E-state index contributed by atoms with van der Waals surface area (Å²) in [5.41, 5.74) is -2.97. The first kappa shape index (κ1) is 21.0. The van der Waals surface area contributed by atoms with Crippen molar-refractivity contribution in [3.63, 3.8) is 0 Å². The van der Waals surface area contributed by atoms with Crippen molar-refractivity contribution in [3.05, 3.63) is 38.2 Å². The molecule has 3 rings (SSSR count). The van der Waals surface area contributed by atoms with E-state index in [9.17, 15) is 28.1 Å². The lowest BCUT2D eigenvalue weighted by Gasteiger charge is -2.14. The van der Waals surface area contributed by atoms with Gasteiger partial charge in [0.1, 0.15) is 4.70 Å². The molecule has 1 aromatic carbocycles. The Hall–Kier alpha value is -2.71. The van der Waals surface area contributed by atoms with Crippen LogP contribution in [0, 0.1) is 22.0 Å². The number of alkyl halides is 3. The molecule has 0 radical (unpaired) electrons. The molecule has 0 N–H and O–H groups in total. The van der Waals surface area contributed by atoms with Gasteiger partial charge < -0.3 is 4.90 Å². The summed E-state index contributed by atoms with van der Waals surface area (Å²) in [5, 5.41) is 11.0. The fourth-order valence-electron chi connectivity index (χ4n) is 2.95. The van der Waals surface area contributed by atoms with Gasteiger partial charge in [0, 0.05) is 13.1 Å². The monoisotopic (exact) mass is 426 g/mol. The summed E-state index contributed by atoms with van der Waals surface area (Å²) in [6.07, 6.45) is -2.49. The summed E-state index contributed by atoms with van der Waals surface area (Å²) in [6, 6.07) is 1.05. The van der Waals surface area contributed by atoms with Crippen molar-refractivity contribution < 1.29 is 18.1 Å². The Morgan fingerprint density at radius 1 is 1.31 bits per heavy atom. The van der Waals surface area contributed by atoms with Gasteiger partial charge in [-0.05, 0) is 32.0 Å². The summed E-state index contributed by atoms with van der Waals surface area (Å²) in [5.74, 6) is 5.99. The van der Waals surface area contributed by atoms with Crippen molar-refractivity contribution in [1.29, 1.82) is 0 Å². The molecule has 1 aliphatic heterocycles. The highest BCUT2D eigenvalue weighted by molar-refractivity contribution is 7.22. The van der Waals surface area contributed by atoms with Crippen LogP contribution in [0.1, 0.15) is 18.4 Å². The van der Waals surface area contributed by atoms with Crippen LogP contribution in [0.5, 0.6) is 0 Å². The fraction of sp³-hybridized carbons (Fsp3) is 0.444. The van der Waals surface area contributed by atoms with Gasteiger partial charge in [-0.15, -0.1) is 0 Å². The molecule has 7 nitrogen and oxygen atoms in total. The number of likely N-dealkylation sites (tertiary alicyclic amines) is 1. The number of nitro benzene ring substituents is 1. The molecule has 0 saturated carbocycles. The highest BCUT2D eigenvalue weighted by Crippen LogP contribution is 2.38. The van der Waals surface area contributed by atoms with Crippen molar-refractivity contribution in [2.24, 2.45) is 0 Å². The number of fused-ring (bicyclic) bond motifs is 1. The van der Waals surface area contributed by atoms with Crippen LogP contribution in [-0.4, -0.2) is 48.0 Å². The van der Waals surface area contributed by atoms with Crippen molar-refractivity contribution in [2.45, 2.75) is 19.0 Å². The van der Waals surface area contributed by atoms with Crippen LogP contribution < -0.4 is 10.5 Å². The number of hydrogen-bond donors (Lipinski definition) is 0. The Kier molecular flexibility index (Phi) is 6.04. The van der Waals surface area contributed by atoms with Gasteiger partial charge in [-0.25, -0.2) is 0 Å². The van der Waals surface area contributed by atoms with Gasteiger partial charge in [0.15, 0.2) is 5.13 Å². The Labute approximate surface area is 167 Å². The third-order valence-corrected chi connectivity index (χ3v) is 5.70. The van der Waals surface area contributed by atoms with Crippen LogP contribution in [0.4, 0.5) is 24.0 Å². The van der Waals surface area contributed by atoms with Crippen molar-refractivity contribution in [2.75, 3.05) is 38.1 Å². The maximum absolute atomic E-state index is 13.0. The molecule has 0 aliphatic carbocycles. The molecule has 0 bridgehead atoms. The molecule has 1 aliphatic rings. The molecule has 0 atom stereocenters. The second-order valence-electron chi connectivity index (χ2n) is 6.62. The van der Waals surface area contributed by atoms with E-state index in [0.29, 0.717) is 18.7 Å². The van der Waals surface area contributed by atoms with E-state index in [1.165, 1.54) is 0 Å². The SMILES string of the molecule is CN(CC#CCN1CCCC1)c1nc(=O)c2cc(C(F)(F)F)cc([N+](=O)[O-])c2s1.